The summed E-state index contributed by atoms with van der Waals surface area (Å²) in [4.78, 5) is 26.2. The van der Waals surface area contributed by atoms with Crippen LogP contribution in [0.25, 0.3) is 0 Å². The normalized spacial score (nSPS) is 17.3. The van der Waals surface area contributed by atoms with Crippen LogP contribution in [0.4, 0.5) is 10.7 Å². The Morgan fingerprint density at radius 1 is 1.26 bits per heavy atom. The summed E-state index contributed by atoms with van der Waals surface area (Å²) in [5.74, 6) is -1.53. The molecule has 0 spiro atoms. The minimum Gasteiger partial charge on any atom is -0.317 e. The van der Waals surface area contributed by atoms with Crippen molar-refractivity contribution in [1.82, 2.24) is 0 Å². The number of anilines is 2. The molecule has 1 atom stereocenters. The highest BCUT2D eigenvalue weighted by Crippen LogP contribution is 2.26. The molecular weight excluding hydrogens is 310 g/mol. The molecule has 0 fully saturated rings. The van der Waals surface area contributed by atoms with Gasteiger partial charge in [0.1, 0.15) is 0 Å². The molecule has 23 heavy (non-hydrogen) atoms. The number of amides is 2. The van der Waals surface area contributed by atoms with Crippen LogP contribution < -0.4 is 10.3 Å². The molecule has 1 aliphatic heterocycles. The largest absolute Gasteiger partial charge is 0.317 e. The Kier molecular flexibility index (Phi) is 4.25. The lowest BCUT2D eigenvalue weighted by Gasteiger charge is -2.13. The maximum atomic E-state index is 12.6. The molecule has 1 unspecified atom stereocenters. The summed E-state index contributed by atoms with van der Waals surface area (Å²) in [6.45, 7) is 3.77. The van der Waals surface area contributed by atoms with Crippen LogP contribution >= 0.6 is 11.3 Å². The highest BCUT2D eigenvalue weighted by Gasteiger charge is 2.39. The fourth-order valence-corrected chi connectivity index (χ4v) is 3.30. The van der Waals surface area contributed by atoms with Gasteiger partial charge in [0.15, 0.2) is 5.92 Å². The monoisotopic (exact) mass is 327 g/mol. The molecule has 1 aromatic heterocycles. The number of hydrazone groups is 1. The van der Waals surface area contributed by atoms with Gasteiger partial charge in [-0.1, -0.05) is 25.1 Å². The van der Waals surface area contributed by atoms with Crippen LogP contribution in [0.3, 0.4) is 0 Å². The van der Waals surface area contributed by atoms with Crippen LogP contribution in [0, 0.1) is 5.92 Å². The lowest BCUT2D eigenvalue weighted by atomic mass is 10.0. The molecule has 1 N–H and O–H groups in total. The predicted octanol–water partition coefficient (Wildman–Crippen LogP) is 3.29. The van der Waals surface area contributed by atoms with Gasteiger partial charge in [0.25, 0.3) is 5.91 Å². The molecule has 0 radical (unpaired) electrons. The summed E-state index contributed by atoms with van der Waals surface area (Å²) < 4.78 is 0. The minimum atomic E-state index is -0.873. The van der Waals surface area contributed by atoms with Gasteiger partial charge in [-0.3, -0.25) is 9.59 Å². The molecule has 118 valence electrons. The van der Waals surface area contributed by atoms with E-state index in [0.717, 1.165) is 11.4 Å². The maximum absolute atomic E-state index is 12.6. The standard InChI is InChI=1S/C17H17N3O2S/c1-3-13-9-10-14(23-13)18-16(21)15-11(2)19-20(17(15)22)12-7-5-4-6-8-12/h4-10,15H,3H2,1-2H3,(H,18,21). The highest BCUT2D eigenvalue weighted by atomic mass is 32.1. The Morgan fingerprint density at radius 3 is 2.65 bits per heavy atom. The number of carbonyl (C=O) groups is 2. The molecule has 2 heterocycles. The van der Waals surface area contributed by atoms with Crippen LogP contribution in [0.2, 0.25) is 0 Å². The van der Waals surface area contributed by atoms with Crippen molar-refractivity contribution in [3.63, 3.8) is 0 Å². The molecule has 2 aromatic rings. The van der Waals surface area contributed by atoms with E-state index in [4.69, 9.17) is 0 Å². The van der Waals surface area contributed by atoms with E-state index in [0.29, 0.717) is 11.4 Å². The first kappa shape index (κ1) is 15.4. The van der Waals surface area contributed by atoms with Gasteiger partial charge in [-0.15, -0.1) is 11.3 Å². The van der Waals surface area contributed by atoms with Gasteiger partial charge in [-0.05, 0) is 37.6 Å². The number of aryl methyl sites for hydroxylation is 1. The van der Waals surface area contributed by atoms with E-state index in [-0.39, 0.29) is 11.8 Å². The topological polar surface area (TPSA) is 61.8 Å². The summed E-state index contributed by atoms with van der Waals surface area (Å²) in [6, 6.07) is 13.0. The highest BCUT2D eigenvalue weighted by molar-refractivity contribution is 7.16. The Bertz CT molecular complexity index is 767. The fraction of sp³-hybridized carbons (Fsp3) is 0.235. The zero-order valence-electron chi connectivity index (χ0n) is 12.9. The van der Waals surface area contributed by atoms with Gasteiger partial charge < -0.3 is 5.32 Å². The fourth-order valence-electron chi connectivity index (χ4n) is 2.45. The van der Waals surface area contributed by atoms with Crippen molar-refractivity contribution in [2.45, 2.75) is 20.3 Å². The number of nitrogens with zero attached hydrogens (tertiary/aromatic N) is 2. The van der Waals surface area contributed by atoms with Crippen molar-refractivity contribution < 1.29 is 9.59 Å². The molecule has 0 saturated carbocycles. The van der Waals surface area contributed by atoms with E-state index >= 15 is 0 Å². The lowest BCUT2D eigenvalue weighted by Crippen LogP contribution is -2.36. The first-order valence-corrected chi connectivity index (χ1v) is 8.25. The molecule has 0 saturated heterocycles. The Hall–Kier alpha value is -2.47. The van der Waals surface area contributed by atoms with Crippen molar-refractivity contribution in [3.8, 4) is 0 Å². The number of rotatable bonds is 4. The van der Waals surface area contributed by atoms with Gasteiger partial charge in [-0.2, -0.15) is 10.1 Å². The quantitative estimate of drug-likeness (QED) is 0.876. The predicted molar refractivity (Wildman–Crippen MR) is 92.9 cm³/mol. The maximum Gasteiger partial charge on any atom is 0.265 e. The lowest BCUT2D eigenvalue weighted by molar-refractivity contribution is -0.127. The van der Waals surface area contributed by atoms with Crippen molar-refractivity contribution in [1.29, 1.82) is 0 Å². The third-order valence-electron chi connectivity index (χ3n) is 3.65. The molecule has 2 amide bonds. The zero-order valence-corrected chi connectivity index (χ0v) is 13.8. The minimum absolute atomic E-state index is 0.321. The first-order chi connectivity index (χ1) is 11.1. The molecular formula is C17H17N3O2S. The number of nitrogens with one attached hydrogen (secondary N) is 1. The number of carbonyl (C=O) groups excluding carboxylic acids is 2. The van der Waals surface area contributed by atoms with Crippen molar-refractivity contribution >= 4 is 39.6 Å². The molecule has 0 bridgehead atoms. The summed E-state index contributed by atoms with van der Waals surface area (Å²) in [6.07, 6.45) is 0.922. The van der Waals surface area contributed by atoms with E-state index in [1.807, 2.05) is 30.3 Å². The van der Waals surface area contributed by atoms with Crippen LogP contribution in [0.1, 0.15) is 18.7 Å². The number of thiophene rings is 1. The van der Waals surface area contributed by atoms with Gasteiger partial charge in [0, 0.05) is 4.88 Å². The van der Waals surface area contributed by atoms with E-state index in [1.54, 1.807) is 19.1 Å². The van der Waals surface area contributed by atoms with E-state index < -0.39 is 5.92 Å². The van der Waals surface area contributed by atoms with E-state index in [9.17, 15) is 9.59 Å². The second kappa shape index (κ2) is 6.34. The summed E-state index contributed by atoms with van der Waals surface area (Å²) in [5.41, 5.74) is 1.17. The SMILES string of the molecule is CCc1ccc(NC(=O)C2C(=O)N(c3ccccc3)N=C2C)s1. The van der Waals surface area contributed by atoms with E-state index in [1.165, 1.54) is 21.2 Å². The second-order valence-electron chi connectivity index (χ2n) is 5.27. The first-order valence-electron chi connectivity index (χ1n) is 7.44. The van der Waals surface area contributed by atoms with Crippen molar-refractivity contribution in [2.24, 2.45) is 11.0 Å². The van der Waals surface area contributed by atoms with Gasteiger partial charge >= 0.3 is 0 Å². The van der Waals surface area contributed by atoms with Crippen molar-refractivity contribution in [2.75, 3.05) is 10.3 Å². The Morgan fingerprint density at radius 2 is 2.00 bits per heavy atom. The Labute approximate surface area is 138 Å². The third-order valence-corrected chi connectivity index (χ3v) is 4.80. The Balaban J connectivity index is 1.77. The zero-order chi connectivity index (χ0) is 16.4. The molecule has 5 nitrogen and oxygen atoms in total. The average molecular weight is 327 g/mol. The van der Waals surface area contributed by atoms with Crippen LogP contribution in [-0.2, 0) is 16.0 Å². The molecule has 1 aromatic carbocycles. The van der Waals surface area contributed by atoms with Crippen molar-refractivity contribution in [3.05, 3.63) is 47.3 Å². The summed E-state index contributed by atoms with van der Waals surface area (Å²) in [5, 5.41) is 9.12. The number of benzene rings is 1. The van der Waals surface area contributed by atoms with Crippen LogP contribution in [-0.4, -0.2) is 17.5 Å². The molecule has 0 aliphatic carbocycles. The number of para-hydroxylation sites is 1. The number of hydrogen-bond donors (Lipinski definition) is 1. The van der Waals surface area contributed by atoms with Gasteiger partial charge in [-0.25, -0.2) is 0 Å². The number of hydrogen-bond acceptors (Lipinski definition) is 4. The van der Waals surface area contributed by atoms with Crippen LogP contribution in [0.15, 0.2) is 47.6 Å². The molecule has 6 heteroatoms. The van der Waals surface area contributed by atoms with Gasteiger partial charge in [0.2, 0.25) is 5.91 Å². The smallest absolute Gasteiger partial charge is 0.265 e. The summed E-state index contributed by atoms with van der Waals surface area (Å²) >= 11 is 1.52. The molecule has 3 rings (SSSR count). The van der Waals surface area contributed by atoms with Gasteiger partial charge in [0.05, 0.1) is 16.4 Å². The average Bonchev–Trinajstić information content (AvgIpc) is 3.12. The summed E-state index contributed by atoms with van der Waals surface area (Å²) in [7, 11) is 0. The van der Waals surface area contributed by atoms with E-state index in [2.05, 4.69) is 17.3 Å². The third kappa shape index (κ3) is 3.03. The second-order valence-corrected chi connectivity index (χ2v) is 6.44. The van der Waals surface area contributed by atoms with Crippen LogP contribution in [0.5, 0.6) is 0 Å². The molecule has 1 aliphatic rings.